The molecule has 2 aromatic rings. The Labute approximate surface area is 252 Å². The first-order valence-electron chi connectivity index (χ1n) is 15.1. The first-order chi connectivity index (χ1) is 20.2. The van der Waals surface area contributed by atoms with Gasteiger partial charge in [-0.25, -0.2) is 4.98 Å². The van der Waals surface area contributed by atoms with Crippen LogP contribution in [0.25, 0.3) is 10.9 Å². The Kier molecular flexibility index (Phi) is 9.28. The molecule has 3 heterocycles. The maximum absolute atomic E-state index is 14.0. The van der Waals surface area contributed by atoms with Crippen molar-refractivity contribution in [1.82, 2.24) is 9.88 Å². The van der Waals surface area contributed by atoms with Crippen molar-refractivity contribution in [2.75, 3.05) is 33.5 Å². The summed E-state index contributed by atoms with van der Waals surface area (Å²) >= 11 is 6.47. The topological polar surface area (TPSA) is 104 Å². The second-order valence-corrected chi connectivity index (χ2v) is 12.3. The van der Waals surface area contributed by atoms with Crippen molar-refractivity contribution in [3.63, 3.8) is 0 Å². The molecule has 1 aromatic carbocycles. The van der Waals surface area contributed by atoms with Gasteiger partial charge in [0.25, 0.3) is 0 Å². The number of amides is 1. The number of pyridine rings is 1. The van der Waals surface area contributed by atoms with E-state index in [2.05, 4.69) is 4.98 Å². The van der Waals surface area contributed by atoms with Crippen LogP contribution in [0.5, 0.6) is 11.6 Å². The summed E-state index contributed by atoms with van der Waals surface area (Å²) in [4.78, 5) is 47.0. The highest BCUT2D eigenvalue weighted by Gasteiger charge is 2.61. The number of Topliss-reactive ketones (excluding diaryl/α,β-unsaturated/α-hetero) is 1. The molecule has 0 N–H and O–H groups in total. The lowest BCUT2D eigenvalue weighted by Gasteiger charge is -2.32. The number of likely N-dealkylation sites (tertiary alicyclic amines) is 1. The van der Waals surface area contributed by atoms with Crippen LogP contribution in [0.15, 0.2) is 24.3 Å². The number of ether oxygens (including phenoxy) is 4. The molecule has 1 aliphatic carbocycles. The first-order valence-corrected chi connectivity index (χ1v) is 15.5. The number of hydrogen-bond donors (Lipinski definition) is 0. The fourth-order valence-corrected chi connectivity index (χ4v) is 7.07. The average molecular weight is 601 g/mol. The highest BCUT2D eigenvalue weighted by molar-refractivity contribution is 6.35. The number of aromatic nitrogens is 1. The lowest BCUT2D eigenvalue weighted by molar-refractivity contribution is -0.150. The number of ketones is 1. The van der Waals surface area contributed by atoms with E-state index in [1.165, 1.54) is 7.11 Å². The molecule has 3 fully saturated rings. The molecule has 0 spiro atoms. The van der Waals surface area contributed by atoms with E-state index < -0.39 is 17.6 Å². The smallest absolute Gasteiger partial charge is 0.312 e. The van der Waals surface area contributed by atoms with Crippen LogP contribution in [0.1, 0.15) is 59.3 Å². The van der Waals surface area contributed by atoms with Gasteiger partial charge in [0.1, 0.15) is 11.9 Å². The molecule has 42 heavy (non-hydrogen) atoms. The third-order valence-corrected chi connectivity index (χ3v) is 9.71. The van der Waals surface area contributed by atoms with Gasteiger partial charge in [0, 0.05) is 43.4 Å². The Bertz CT molecular complexity index is 1330. The lowest BCUT2D eigenvalue weighted by Crippen LogP contribution is -2.46. The zero-order valence-electron chi connectivity index (χ0n) is 24.9. The quantitative estimate of drug-likeness (QED) is 0.322. The predicted octanol–water partition coefficient (Wildman–Crippen LogP) is 5.25. The van der Waals surface area contributed by atoms with Gasteiger partial charge in [-0.15, -0.1) is 0 Å². The van der Waals surface area contributed by atoms with Crippen molar-refractivity contribution < 1.29 is 33.3 Å². The summed E-state index contributed by atoms with van der Waals surface area (Å²) in [5.74, 6) is 0.449. The molecule has 10 heteroatoms. The molecule has 0 radical (unpaired) electrons. The minimum Gasteiger partial charge on any atom is -0.488 e. The van der Waals surface area contributed by atoms with Gasteiger partial charge in [0.05, 0.1) is 42.3 Å². The Hall–Kier alpha value is -2.91. The number of rotatable bonds is 11. The number of methoxy groups -OCH3 is 1. The van der Waals surface area contributed by atoms with E-state index in [-0.39, 0.29) is 48.4 Å². The second kappa shape index (κ2) is 12.8. The van der Waals surface area contributed by atoms with Crippen LogP contribution in [0, 0.1) is 23.2 Å². The van der Waals surface area contributed by atoms with Gasteiger partial charge in [0.15, 0.2) is 5.78 Å². The monoisotopic (exact) mass is 600 g/mol. The van der Waals surface area contributed by atoms with Gasteiger partial charge in [-0.05, 0) is 50.2 Å². The molecule has 1 saturated carbocycles. The zero-order chi connectivity index (χ0) is 30.0. The third-order valence-electron chi connectivity index (χ3n) is 9.40. The van der Waals surface area contributed by atoms with E-state index in [9.17, 15) is 14.4 Å². The number of carbonyl (C=O) groups is 3. The van der Waals surface area contributed by atoms with E-state index >= 15 is 0 Å². The van der Waals surface area contributed by atoms with Crippen LogP contribution in [0.4, 0.5) is 0 Å². The lowest BCUT2D eigenvalue weighted by atomic mass is 9.86. The van der Waals surface area contributed by atoms with Crippen LogP contribution in [0.2, 0.25) is 5.02 Å². The van der Waals surface area contributed by atoms with Crippen molar-refractivity contribution in [3.05, 3.63) is 29.3 Å². The van der Waals surface area contributed by atoms with Gasteiger partial charge in [0.2, 0.25) is 11.8 Å². The summed E-state index contributed by atoms with van der Waals surface area (Å²) in [5.41, 5.74) is -0.239. The summed E-state index contributed by atoms with van der Waals surface area (Å²) < 4.78 is 22.8. The number of nitrogens with zero attached hydrogens (tertiary/aromatic N) is 2. The maximum Gasteiger partial charge on any atom is 0.312 e. The van der Waals surface area contributed by atoms with Gasteiger partial charge in [-0.2, -0.15) is 0 Å². The maximum atomic E-state index is 14.0. The normalized spacial score (nSPS) is 26.6. The average Bonchev–Trinajstić information content (AvgIpc) is 3.56. The van der Waals surface area contributed by atoms with E-state index in [0.29, 0.717) is 54.8 Å². The summed E-state index contributed by atoms with van der Waals surface area (Å²) in [6, 6.07) is 6.52. The molecule has 0 unspecified atom stereocenters. The Morgan fingerprint density at radius 1 is 1.21 bits per heavy atom. The number of esters is 1. The van der Waals surface area contributed by atoms with Gasteiger partial charge >= 0.3 is 5.97 Å². The molecule has 9 nitrogen and oxygen atoms in total. The largest absolute Gasteiger partial charge is 0.488 e. The SMILES string of the molecule is CCOc1cc(O[C@@H]2C[C@@H](C(=O)C[C@]3(C(=O)OC)C[C@H]3CC)N(C(=O)[C@@H](C)C3CCOCC3)C2)c2cccc(Cl)c2n1. The molecule has 3 aliphatic rings. The minimum absolute atomic E-state index is 0.0565. The van der Waals surface area contributed by atoms with Crippen LogP contribution in [0.3, 0.4) is 0 Å². The molecule has 1 amide bonds. The number of fused-ring (bicyclic) bond motifs is 1. The number of benzene rings is 1. The number of hydrogen-bond acceptors (Lipinski definition) is 8. The van der Waals surface area contributed by atoms with Crippen molar-refractivity contribution in [1.29, 1.82) is 0 Å². The minimum atomic E-state index is -0.801. The number of carbonyl (C=O) groups excluding carboxylic acids is 3. The van der Waals surface area contributed by atoms with Crippen molar-refractivity contribution >= 4 is 40.2 Å². The van der Waals surface area contributed by atoms with Gasteiger partial charge < -0.3 is 23.8 Å². The van der Waals surface area contributed by atoms with Crippen molar-refractivity contribution in [3.8, 4) is 11.6 Å². The summed E-state index contributed by atoms with van der Waals surface area (Å²) in [5, 5.41) is 1.20. The first kappa shape index (κ1) is 30.5. The summed E-state index contributed by atoms with van der Waals surface area (Å²) in [6.45, 7) is 7.80. The summed E-state index contributed by atoms with van der Waals surface area (Å²) in [7, 11) is 1.37. The van der Waals surface area contributed by atoms with Crippen LogP contribution in [-0.2, 0) is 23.9 Å². The second-order valence-electron chi connectivity index (χ2n) is 11.8. The molecule has 5 rings (SSSR count). The Morgan fingerprint density at radius 2 is 1.98 bits per heavy atom. The molecule has 5 atom stereocenters. The van der Waals surface area contributed by atoms with Crippen LogP contribution < -0.4 is 9.47 Å². The van der Waals surface area contributed by atoms with E-state index in [4.69, 9.17) is 30.5 Å². The highest BCUT2D eigenvalue weighted by atomic mass is 35.5. The fourth-order valence-electron chi connectivity index (χ4n) is 6.86. The van der Waals surface area contributed by atoms with Crippen molar-refractivity contribution in [2.24, 2.45) is 23.2 Å². The Balaban J connectivity index is 1.42. The molecular formula is C32H41ClN2O7. The Morgan fingerprint density at radius 3 is 2.64 bits per heavy atom. The van der Waals surface area contributed by atoms with E-state index in [1.54, 1.807) is 17.0 Å². The van der Waals surface area contributed by atoms with E-state index in [0.717, 1.165) is 24.6 Å². The van der Waals surface area contributed by atoms with Crippen molar-refractivity contribution in [2.45, 2.75) is 71.4 Å². The fraction of sp³-hybridized carbons (Fsp3) is 0.625. The molecular weight excluding hydrogens is 560 g/mol. The number of para-hydroxylation sites is 1. The van der Waals surface area contributed by atoms with Crippen LogP contribution >= 0.6 is 11.6 Å². The third kappa shape index (κ3) is 5.95. The molecule has 228 valence electrons. The molecule has 2 saturated heterocycles. The number of halogens is 1. The zero-order valence-corrected chi connectivity index (χ0v) is 25.7. The van der Waals surface area contributed by atoms with E-state index in [1.807, 2.05) is 32.9 Å². The van der Waals surface area contributed by atoms with Crippen LogP contribution in [-0.4, -0.2) is 73.2 Å². The summed E-state index contributed by atoms with van der Waals surface area (Å²) in [6.07, 6.45) is 2.99. The highest BCUT2D eigenvalue weighted by Crippen LogP contribution is 2.58. The molecule has 0 bridgehead atoms. The molecule has 2 aliphatic heterocycles. The predicted molar refractivity (Wildman–Crippen MR) is 158 cm³/mol. The molecule has 1 aromatic heterocycles. The van der Waals surface area contributed by atoms with Gasteiger partial charge in [-0.3, -0.25) is 14.4 Å². The standard InChI is InChI=1S/C32H41ClN2O7/c1-5-21-16-32(21,31(38)39-4)17-26(36)25-14-22(18-35(25)30(37)19(3)20-10-12-40-13-11-20)42-27-15-28(41-6-2)34-29-23(27)8-7-9-24(29)33/h7-9,15,19-22,25H,5-6,10-14,16-18H2,1-4H3/t19-,21+,22+,25-,32+/m0/s1. The van der Waals surface area contributed by atoms with Gasteiger partial charge in [-0.1, -0.05) is 37.9 Å².